The second kappa shape index (κ2) is 5.65. The van der Waals surface area contributed by atoms with E-state index in [1.807, 2.05) is 0 Å². The molecule has 4 nitrogen and oxygen atoms in total. The molecule has 1 amide bonds. The van der Waals surface area contributed by atoms with Crippen LogP contribution in [0, 0.1) is 5.82 Å². The highest BCUT2D eigenvalue weighted by Crippen LogP contribution is 2.22. The van der Waals surface area contributed by atoms with Gasteiger partial charge in [-0.3, -0.25) is 4.79 Å². The van der Waals surface area contributed by atoms with Crippen LogP contribution in [0.5, 0.6) is 0 Å². The lowest BCUT2D eigenvalue weighted by molar-refractivity contribution is -0.144. The van der Waals surface area contributed by atoms with Gasteiger partial charge in [-0.05, 0) is 12.1 Å². The Kier molecular flexibility index (Phi) is 4.16. The quantitative estimate of drug-likeness (QED) is 0.885. The number of hydrogen-bond donors (Lipinski definition) is 1. The first-order valence-electron chi connectivity index (χ1n) is 5.59. The molecule has 1 aromatic rings. The van der Waals surface area contributed by atoms with Gasteiger partial charge in [0.1, 0.15) is 5.82 Å². The van der Waals surface area contributed by atoms with Crippen molar-refractivity contribution < 1.29 is 19.0 Å². The van der Waals surface area contributed by atoms with Crippen molar-refractivity contribution in [2.24, 2.45) is 0 Å². The molecule has 1 aromatic carbocycles. The summed E-state index contributed by atoms with van der Waals surface area (Å²) in [5.74, 6) is -1.20. The Morgan fingerprint density at radius 1 is 1.44 bits per heavy atom. The maximum Gasteiger partial charge on any atom is 0.256 e. The highest BCUT2D eigenvalue weighted by Gasteiger charge is 2.27. The van der Waals surface area contributed by atoms with E-state index in [2.05, 4.69) is 0 Å². The molecule has 1 aliphatic heterocycles. The average Bonchev–Trinajstić information content (AvgIpc) is 2.38. The third kappa shape index (κ3) is 2.80. The lowest BCUT2D eigenvalue weighted by Crippen LogP contribution is -2.43. The minimum Gasteiger partial charge on any atom is -0.378 e. The van der Waals surface area contributed by atoms with E-state index in [-0.39, 0.29) is 10.6 Å². The highest BCUT2D eigenvalue weighted by atomic mass is 35.5. The Hall–Kier alpha value is -1.17. The smallest absolute Gasteiger partial charge is 0.256 e. The summed E-state index contributed by atoms with van der Waals surface area (Å²) < 4.78 is 18.7. The molecule has 1 fully saturated rings. The van der Waals surface area contributed by atoms with E-state index in [0.29, 0.717) is 26.3 Å². The molecule has 1 heterocycles. The van der Waals surface area contributed by atoms with Crippen LogP contribution in [0.1, 0.15) is 11.7 Å². The number of halogens is 2. The van der Waals surface area contributed by atoms with Gasteiger partial charge in [0.05, 0.1) is 13.2 Å². The first-order valence-corrected chi connectivity index (χ1v) is 5.97. The Bertz CT molecular complexity index is 449. The van der Waals surface area contributed by atoms with Gasteiger partial charge in [0, 0.05) is 23.7 Å². The molecule has 0 bridgehead atoms. The number of morpholine rings is 1. The summed E-state index contributed by atoms with van der Waals surface area (Å²) in [7, 11) is 0. The van der Waals surface area contributed by atoms with Crippen LogP contribution in [0.2, 0.25) is 5.02 Å². The zero-order valence-corrected chi connectivity index (χ0v) is 10.4. The van der Waals surface area contributed by atoms with E-state index in [1.54, 1.807) is 0 Å². The van der Waals surface area contributed by atoms with Gasteiger partial charge < -0.3 is 14.7 Å². The lowest BCUT2D eigenvalue weighted by Gasteiger charge is -2.28. The third-order valence-electron chi connectivity index (χ3n) is 2.81. The van der Waals surface area contributed by atoms with Crippen LogP contribution in [0.4, 0.5) is 4.39 Å². The van der Waals surface area contributed by atoms with Crippen molar-refractivity contribution >= 4 is 17.5 Å². The van der Waals surface area contributed by atoms with Crippen molar-refractivity contribution in [2.45, 2.75) is 6.10 Å². The first-order chi connectivity index (χ1) is 8.59. The van der Waals surface area contributed by atoms with E-state index in [9.17, 15) is 14.3 Å². The molecule has 0 aromatic heterocycles. The number of rotatable bonds is 2. The van der Waals surface area contributed by atoms with Crippen molar-refractivity contribution in [3.8, 4) is 0 Å². The monoisotopic (exact) mass is 273 g/mol. The van der Waals surface area contributed by atoms with Gasteiger partial charge in [-0.1, -0.05) is 17.7 Å². The van der Waals surface area contributed by atoms with E-state index in [4.69, 9.17) is 16.3 Å². The minimum absolute atomic E-state index is 0.0594. The predicted octanol–water partition coefficient (Wildman–Crippen LogP) is 1.37. The first kappa shape index (κ1) is 13.3. The fourth-order valence-electron chi connectivity index (χ4n) is 1.81. The topological polar surface area (TPSA) is 49.8 Å². The summed E-state index contributed by atoms with van der Waals surface area (Å²) >= 11 is 5.62. The largest absolute Gasteiger partial charge is 0.378 e. The Labute approximate surface area is 109 Å². The number of carbonyl (C=O) groups is 1. The standard InChI is InChI=1S/C12H13ClFNO3/c13-8-1-2-9(10(14)7-8)11(16)12(17)15-3-5-18-6-4-15/h1-2,7,11,16H,3-6H2. The SMILES string of the molecule is O=C(C(O)c1ccc(Cl)cc1F)N1CCOCC1. The minimum atomic E-state index is -1.50. The van der Waals surface area contributed by atoms with E-state index in [0.717, 1.165) is 6.07 Å². The summed E-state index contributed by atoms with van der Waals surface area (Å²) in [6.07, 6.45) is -1.50. The van der Waals surface area contributed by atoms with Gasteiger partial charge in [0.2, 0.25) is 0 Å². The second-order valence-electron chi connectivity index (χ2n) is 4.01. The molecular weight excluding hydrogens is 261 g/mol. The van der Waals surface area contributed by atoms with Crippen LogP contribution in [0.3, 0.4) is 0 Å². The molecule has 1 aliphatic rings. The van der Waals surface area contributed by atoms with Crippen LogP contribution in [0.25, 0.3) is 0 Å². The number of ether oxygens (including phenoxy) is 1. The fourth-order valence-corrected chi connectivity index (χ4v) is 1.97. The zero-order chi connectivity index (χ0) is 13.1. The van der Waals surface area contributed by atoms with Gasteiger partial charge in [0.15, 0.2) is 6.10 Å². The summed E-state index contributed by atoms with van der Waals surface area (Å²) in [6.45, 7) is 1.68. The zero-order valence-electron chi connectivity index (χ0n) is 9.60. The molecule has 1 atom stereocenters. The summed E-state index contributed by atoms with van der Waals surface area (Å²) in [4.78, 5) is 13.4. The summed E-state index contributed by atoms with van der Waals surface area (Å²) in [5, 5.41) is 10.1. The molecular formula is C12H13ClFNO3. The Balaban J connectivity index is 2.14. The molecule has 6 heteroatoms. The lowest BCUT2D eigenvalue weighted by atomic mass is 10.1. The van der Waals surface area contributed by atoms with Gasteiger partial charge in [0.25, 0.3) is 5.91 Å². The normalized spacial score (nSPS) is 17.6. The molecule has 1 N–H and O–H groups in total. The van der Waals surface area contributed by atoms with Crippen LogP contribution in [-0.2, 0) is 9.53 Å². The number of hydrogen-bond acceptors (Lipinski definition) is 3. The molecule has 18 heavy (non-hydrogen) atoms. The van der Waals surface area contributed by atoms with Gasteiger partial charge in [-0.25, -0.2) is 4.39 Å². The maximum atomic E-state index is 13.6. The number of carbonyl (C=O) groups excluding carboxylic acids is 1. The molecule has 98 valence electrons. The van der Waals surface area contributed by atoms with Crippen LogP contribution >= 0.6 is 11.6 Å². The number of aliphatic hydroxyl groups is 1. The molecule has 2 rings (SSSR count). The molecule has 0 spiro atoms. The Morgan fingerprint density at radius 3 is 2.72 bits per heavy atom. The van der Waals surface area contributed by atoms with Crippen LogP contribution < -0.4 is 0 Å². The number of aliphatic hydroxyl groups excluding tert-OH is 1. The average molecular weight is 274 g/mol. The van der Waals surface area contributed by atoms with Gasteiger partial charge >= 0.3 is 0 Å². The van der Waals surface area contributed by atoms with Crippen LogP contribution in [-0.4, -0.2) is 42.2 Å². The molecule has 1 saturated heterocycles. The molecule has 0 aliphatic carbocycles. The second-order valence-corrected chi connectivity index (χ2v) is 4.44. The van der Waals surface area contributed by atoms with E-state index >= 15 is 0 Å². The number of benzene rings is 1. The fraction of sp³-hybridized carbons (Fsp3) is 0.417. The predicted molar refractivity (Wildman–Crippen MR) is 63.8 cm³/mol. The third-order valence-corrected chi connectivity index (χ3v) is 3.05. The molecule has 0 radical (unpaired) electrons. The van der Waals surface area contributed by atoms with Gasteiger partial charge in [-0.15, -0.1) is 0 Å². The number of nitrogens with zero attached hydrogens (tertiary/aromatic N) is 1. The summed E-state index contributed by atoms with van der Waals surface area (Å²) in [6, 6.07) is 3.84. The summed E-state index contributed by atoms with van der Waals surface area (Å²) in [5.41, 5.74) is -0.0594. The molecule has 0 saturated carbocycles. The van der Waals surface area contributed by atoms with E-state index in [1.165, 1.54) is 17.0 Å². The van der Waals surface area contributed by atoms with Crippen molar-refractivity contribution in [1.29, 1.82) is 0 Å². The number of amides is 1. The van der Waals surface area contributed by atoms with Crippen molar-refractivity contribution in [3.05, 3.63) is 34.6 Å². The van der Waals surface area contributed by atoms with Crippen molar-refractivity contribution in [1.82, 2.24) is 4.90 Å². The Morgan fingerprint density at radius 2 is 2.11 bits per heavy atom. The molecule has 1 unspecified atom stereocenters. The van der Waals surface area contributed by atoms with Crippen LogP contribution in [0.15, 0.2) is 18.2 Å². The van der Waals surface area contributed by atoms with Gasteiger partial charge in [-0.2, -0.15) is 0 Å². The van der Waals surface area contributed by atoms with E-state index < -0.39 is 17.8 Å². The maximum absolute atomic E-state index is 13.6. The van der Waals surface area contributed by atoms with Crippen molar-refractivity contribution in [2.75, 3.05) is 26.3 Å². The highest BCUT2D eigenvalue weighted by molar-refractivity contribution is 6.30. The van der Waals surface area contributed by atoms with Crippen molar-refractivity contribution in [3.63, 3.8) is 0 Å².